The number of rotatable bonds is 5. The summed E-state index contributed by atoms with van der Waals surface area (Å²) in [6.07, 6.45) is 2.07. The fraction of sp³-hybridized carbons (Fsp3) is 0.550. The van der Waals surface area contributed by atoms with Crippen molar-refractivity contribution in [2.75, 3.05) is 32.9 Å². The fourth-order valence-corrected chi connectivity index (χ4v) is 4.49. The van der Waals surface area contributed by atoms with E-state index in [9.17, 15) is 4.79 Å². The van der Waals surface area contributed by atoms with Gasteiger partial charge in [0.25, 0.3) is 5.91 Å². The van der Waals surface area contributed by atoms with Crippen LogP contribution in [0.5, 0.6) is 0 Å². The fourth-order valence-electron chi connectivity index (χ4n) is 3.69. The van der Waals surface area contributed by atoms with E-state index < -0.39 is 0 Å². The summed E-state index contributed by atoms with van der Waals surface area (Å²) in [6.45, 7) is 7.09. The Morgan fingerprint density at radius 2 is 2.14 bits per heavy atom. The molecule has 2 saturated heterocycles. The molecule has 1 spiro atoms. The lowest BCUT2D eigenvalue weighted by molar-refractivity contribution is -0.169. The maximum Gasteiger partial charge on any atom is 0.282 e. The quantitative estimate of drug-likeness (QED) is 0.826. The molecule has 1 N–H and O–H groups in total. The first-order chi connectivity index (χ1) is 13.6. The standard InChI is InChI=1S/C20H26N4O3S/c1-15-3-5-16(6-4-15)11-21-18(25)19-23-22-17(28-19)12-24-8-10-27-20(13-24)7-2-9-26-14-20/h3-6H,2,7-14H2,1H3,(H,21,25). The Hall–Kier alpha value is -1.87. The third-order valence-electron chi connectivity index (χ3n) is 5.21. The van der Waals surface area contributed by atoms with Gasteiger partial charge in [0.2, 0.25) is 5.01 Å². The molecule has 28 heavy (non-hydrogen) atoms. The normalized spacial score (nSPS) is 23.0. The molecule has 0 aliphatic carbocycles. The summed E-state index contributed by atoms with van der Waals surface area (Å²) in [4.78, 5) is 14.7. The highest BCUT2D eigenvalue weighted by atomic mass is 32.1. The Morgan fingerprint density at radius 3 is 2.93 bits per heavy atom. The van der Waals surface area contributed by atoms with Gasteiger partial charge in [0, 0.05) is 26.2 Å². The van der Waals surface area contributed by atoms with E-state index in [1.807, 2.05) is 31.2 Å². The van der Waals surface area contributed by atoms with Crippen LogP contribution in [0, 0.1) is 6.92 Å². The van der Waals surface area contributed by atoms with Crippen molar-refractivity contribution in [2.45, 2.75) is 38.5 Å². The summed E-state index contributed by atoms with van der Waals surface area (Å²) in [6, 6.07) is 8.11. The van der Waals surface area contributed by atoms with E-state index in [4.69, 9.17) is 9.47 Å². The number of ether oxygens (including phenoxy) is 2. The van der Waals surface area contributed by atoms with E-state index in [2.05, 4.69) is 20.4 Å². The summed E-state index contributed by atoms with van der Waals surface area (Å²) in [5.74, 6) is -0.177. The number of benzene rings is 1. The highest BCUT2D eigenvalue weighted by Crippen LogP contribution is 2.28. The van der Waals surface area contributed by atoms with Crippen LogP contribution < -0.4 is 5.32 Å². The second-order valence-corrected chi connectivity index (χ2v) is 8.63. The number of nitrogens with one attached hydrogen (secondary N) is 1. The Bertz CT molecular complexity index is 797. The Kier molecular flexibility index (Phi) is 6.01. The number of aromatic nitrogens is 2. The number of hydrogen-bond acceptors (Lipinski definition) is 7. The molecule has 2 aromatic rings. The number of morpholine rings is 1. The highest BCUT2D eigenvalue weighted by molar-refractivity contribution is 7.13. The molecule has 8 heteroatoms. The van der Waals surface area contributed by atoms with Gasteiger partial charge in [0.15, 0.2) is 0 Å². The maximum atomic E-state index is 12.4. The zero-order valence-corrected chi connectivity index (χ0v) is 17.0. The van der Waals surface area contributed by atoms with Gasteiger partial charge in [-0.05, 0) is 25.3 Å². The Morgan fingerprint density at radius 1 is 1.29 bits per heavy atom. The van der Waals surface area contributed by atoms with E-state index in [0.29, 0.717) is 31.3 Å². The molecule has 2 aliphatic rings. The van der Waals surface area contributed by atoms with Crippen molar-refractivity contribution in [3.63, 3.8) is 0 Å². The van der Waals surface area contributed by atoms with Crippen molar-refractivity contribution in [2.24, 2.45) is 0 Å². The lowest BCUT2D eigenvalue weighted by atomic mass is 9.94. The molecule has 1 aromatic heterocycles. The third kappa shape index (κ3) is 4.75. The molecule has 7 nitrogen and oxygen atoms in total. The van der Waals surface area contributed by atoms with Gasteiger partial charge < -0.3 is 14.8 Å². The summed E-state index contributed by atoms with van der Waals surface area (Å²) in [7, 11) is 0. The van der Waals surface area contributed by atoms with Gasteiger partial charge in [-0.1, -0.05) is 41.2 Å². The van der Waals surface area contributed by atoms with Crippen LogP contribution >= 0.6 is 11.3 Å². The number of carbonyl (C=O) groups is 1. The van der Waals surface area contributed by atoms with Crippen LogP contribution in [-0.4, -0.2) is 59.5 Å². The maximum absolute atomic E-state index is 12.4. The van der Waals surface area contributed by atoms with Crippen molar-refractivity contribution < 1.29 is 14.3 Å². The van der Waals surface area contributed by atoms with E-state index in [1.54, 1.807) is 0 Å². The molecule has 2 fully saturated rings. The zero-order valence-electron chi connectivity index (χ0n) is 16.1. The average Bonchev–Trinajstić information content (AvgIpc) is 3.16. The van der Waals surface area contributed by atoms with Gasteiger partial charge in [-0.25, -0.2) is 0 Å². The minimum Gasteiger partial charge on any atom is -0.378 e. The predicted molar refractivity (Wildman–Crippen MR) is 106 cm³/mol. The van der Waals surface area contributed by atoms with Gasteiger partial charge in [-0.3, -0.25) is 9.69 Å². The first-order valence-corrected chi connectivity index (χ1v) is 10.5. The summed E-state index contributed by atoms with van der Waals surface area (Å²) < 4.78 is 11.7. The summed E-state index contributed by atoms with van der Waals surface area (Å²) >= 11 is 1.36. The van der Waals surface area contributed by atoms with Gasteiger partial charge in [0.1, 0.15) is 10.6 Å². The number of nitrogens with zero attached hydrogens (tertiary/aromatic N) is 3. The lowest BCUT2D eigenvalue weighted by Crippen LogP contribution is -2.55. The van der Waals surface area contributed by atoms with Crippen molar-refractivity contribution in [1.29, 1.82) is 0 Å². The van der Waals surface area contributed by atoms with E-state index in [-0.39, 0.29) is 11.5 Å². The molecule has 0 saturated carbocycles. The first-order valence-electron chi connectivity index (χ1n) is 9.72. The van der Waals surface area contributed by atoms with Crippen LogP contribution in [0.3, 0.4) is 0 Å². The molecule has 1 unspecified atom stereocenters. The zero-order chi connectivity index (χ0) is 19.4. The molecule has 150 valence electrons. The predicted octanol–water partition coefficient (Wildman–Crippen LogP) is 2.16. The molecular weight excluding hydrogens is 376 g/mol. The summed E-state index contributed by atoms with van der Waals surface area (Å²) in [5, 5.41) is 12.5. The second-order valence-electron chi connectivity index (χ2n) is 7.57. The van der Waals surface area contributed by atoms with Crippen molar-refractivity contribution in [1.82, 2.24) is 20.4 Å². The first kappa shape index (κ1) is 19.4. The van der Waals surface area contributed by atoms with E-state index in [0.717, 1.165) is 43.1 Å². The SMILES string of the molecule is Cc1ccc(CNC(=O)c2nnc(CN3CCOC4(CCCOC4)C3)s2)cc1. The minimum absolute atomic E-state index is 0.177. The van der Waals surface area contributed by atoms with E-state index in [1.165, 1.54) is 16.9 Å². The molecule has 1 atom stereocenters. The van der Waals surface area contributed by atoms with Gasteiger partial charge in [0.05, 0.1) is 19.8 Å². The molecule has 0 radical (unpaired) electrons. The van der Waals surface area contributed by atoms with Gasteiger partial charge >= 0.3 is 0 Å². The molecule has 1 amide bonds. The number of aryl methyl sites for hydroxylation is 1. The number of amides is 1. The van der Waals surface area contributed by atoms with Crippen LogP contribution in [0.4, 0.5) is 0 Å². The van der Waals surface area contributed by atoms with Crippen molar-refractivity contribution >= 4 is 17.2 Å². The summed E-state index contributed by atoms with van der Waals surface area (Å²) in [5.41, 5.74) is 2.08. The third-order valence-corrected chi connectivity index (χ3v) is 6.11. The largest absolute Gasteiger partial charge is 0.378 e. The smallest absolute Gasteiger partial charge is 0.282 e. The number of carbonyl (C=O) groups excluding carboxylic acids is 1. The van der Waals surface area contributed by atoms with Crippen LogP contribution in [0.2, 0.25) is 0 Å². The molecule has 1 aromatic carbocycles. The molecular formula is C20H26N4O3S. The molecule has 0 bridgehead atoms. The van der Waals surface area contributed by atoms with Gasteiger partial charge in [-0.2, -0.15) is 0 Å². The monoisotopic (exact) mass is 402 g/mol. The molecule has 3 heterocycles. The molecule has 2 aliphatic heterocycles. The van der Waals surface area contributed by atoms with E-state index >= 15 is 0 Å². The van der Waals surface area contributed by atoms with Gasteiger partial charge in [-0.15, -0.1) is 10.2 Å². The number of hydrogen-bond donors (Lipinski definition) is 1. The van der Waals surface area contributed by atoms with Crippen molar-refractivity contribution in [3.8, 4) is 0 Å². The Balaban J connectivity index is 1.31. The van der Waals surface area contributed by atoms with Crippen LogP contribution in [0.15, 0.2) is 24.3 Å². The Labute approximate surface area is 169 Å². The van der Waals surface area contributed by atoms with Crippen LogP contribution in [0.25, 0.3) is 0 Å². The second kappa shape index (κ2) is 8.65. The van der Waals surface area contributed by atoms with Crippen molar-refractivity contribution in [3.05, 3.63) is 45.4 Å². The highest BCUT2D eigenvalue weighted by Gasteiger charge is 2.38. The lowest BCUT2D eigenvalue weighted by Gasteiger charge is -2.44. The average molecular weight is 403 g/mol. The molecule has 4 rings (SSSR count). The topological polar surface area (TPSA) is 76.6 Å². The minimum atomic E-state index is -0.185. The van der Waals surface area contributed by atoms with Crippen LogP contribution in [-0.2, 0) is 22.6 Å². The van der Waals surface area contributed by atoms with Crippen LogP contribution in [0.1, 0.15) is 38.8 Å².